The van der Waals surface area contributed by atoms with Gasteiger partial charge in [0.15, 0.2) is 5.65 Å². The Balaban J connectivity index is 0.837. The molecule has 1 atom stereocenters. The Labute approximate surface area is 321 Å². The summed E-state index contributed by atoms with van der Waals surface area (Å²) in [6.07, 6.45) is 3.94. The van der Waals surface area contributed by atoms with Crippen LogP contribution in [0.25, 0.3) is 16.9 Å². The minimum atomic E-state index is -3.05. The molecule has 16 heteroatoms. The molecular weight excluding hydrogens is 732 g/mol. The molecule has 4 aromatic rings. The van der Waals surface area contributed by atoms with Crippen molar-refractivity contribution in [3.8, 4) is 11.3 Å². The maximum atomic E-state index is 15.9. The Hall–Kier alpha value is -5.15. The number of imidazole rings is 1. The van der Waals surface area contributed by atoms with Gasteiger partial charge in [0.1, 0.15) is 5.69 Å². The number of alkyl halides is 2. The molecule has 13 nitrogen and oxygen atoms in total. The number of primary amides is 1. The maximum Gasteiger partial charge on any atom is 0.273 e. The number of anilines is 2. The summed E-state index contributed by atoms with van der Waals surface area (Å²) in [5.74, 6) is -5.31. The van der Waals surface area contributed by atoms with Crippen molar-refractivity contribution in [2.24, 2.45) is 17.1 Å². The average molecular weight is 774 g/mol. The lowest BCUT2D eigenvalue weighted by molar-refractivity contribution is -0.220. The zero-order chi connectivity index (χ0) is 38.6. The molecule has 2 aromatic heterocycles. The van der Waals surface area contributed by atoms with Crippen molar-refractivity contribution in [2.45, 2.75) is 43.9 Å². The second-order valence-corrected chi connectivity index (χ2v) is 15.7. The van der Waals surface area contributed by atoms with Crippen LogP contribution in [0.4, 0.5) is 20.2 Å². The van der Waals surface area contributed by atoms with Crippen LogP contribution in [0.5, 0.6) is 0 Å². The summed E-state index contributed by atoms with van der Waals surface area (Å²) < 4.78 is 33.2. The fourth-order valence-corrected chi connectivity index (χ4v) is 8.93. The van der Waals surface area contributed by atoms with Crippen molar-refractivity contribution in [1.82, 2.24) is 29.7 Å². The van der Waals surface area contributed by atoms with Crippen LogP contribution in [0, 0.1) is 11.3 Å². The first kappa shape index (κ1) is 36.8. The van der Waals surface area contributed by atoms with Gasteiger partial charge in [-0.2, -0.15) is 5.10 Å². The van der Waals surface area contributed by atoms with Gasteiger partial charge < -0.3 is 25.8 Å². The molecule has 55 heavy (non-hydrogen) atoms. The van der Waals surface area contributed by atoms with E-state index in [0.29, 0.717) is 35.9 Å². The fraction of sp³-hybridized carbons (Fsp3) is 0.436. The van der Waals surface area contributed by atoms with Crippen molar-refractivity contribution < 1.29 is 28.0 Å². The highest BCUT2D eigenvalue weighted by molar-refractivity contribution is 6.32. The summed E-state index contributed by atoms with van der Waals surface area (Å²) in [5.41, 5.74) is 9.06. The summed E-state index contributed by atoms with van der Waals surface area (Å²) in [7, 11) is 1.78. The SMILES string of the molecule is CNc1cc(-c2ccc(N3CCC(CN4CC5(CCN(C(=O)c6ccc(Cl)c(C7CCC(=O)NC7=O)c6)CC5(F)F)C4)CC3)cc2)nn2c(C(N)=O)cnc12. The first-order chi connectivity index (χ1) is 26.3. The van der Waals surface area contributed by atoms with Gasteiger partial charge in [-0.3, -0.25) is 24.5 Å². The van der Waals surface area contributed by atoms with E-state index in [1.54, 1.807) is 7.05 Å². The van der Waals surface area contributed by atoms with Crippen LogP contribution in [0.3, 0.4) is 0 Å². The highest BCUT2D eigenvalue weighted by Crippen LogP contribution is 2.50. The molecule has 4 aliphatic rings. The number of aromatic nitrogens is 3. The number of imide groups is 1. The number of carbonyl (C=O) groups is 4. The van der Waals surface area contributed by atoms with Gasteiger partial charge in [-0.25, -0.2) is 18.3 Å². The molecule has 4 N–H and O–H groups in total. The summed E-state index contributed by atoms with van der Waals surface area (Å²) >= 11 is 6.37. The molecule has 1 unspecified atom stereocenters. The number of rotatable bonds is 8. The number of amides is 4. The molecule has 0 bridgehead atoms. The van der Waals surface area contributed by atoms with Gasteiger partial charge in [0.2, 0.25) is 11.8 Å². The van der Waals surface area contributed by atoms with E-state index in [0.717, 1.165) is 49.4 Å². The van der Waals surface area contributed by atoms with Gasteiger partial charge in [-0.05, 0) is 73.6 Å². The third kappa shape index (κ3) is 6.77. The topological polar surface area (TPSA) is 158 Å². The van der Waals surface area contributed by atoms with Gasteiger partial charge in [-0.1, -0.05) is 23.7 Å². The first-order valence-electron chi connectivity index (χ1n) is 18.6. The smallest absolute Gasteiger partial charge is 0.273 e. The van der Waals surface area contributed by atoms with Crippen LogP contribution < -0.4 is 21.3 Å². The third-order valence-corrected chi connectivity index (χ3v) is 12.2. The number of carbonyl (C=O) groups excluding carboxylic acids is 4. The molecule has 8 rings (SSSR count). The van der Waals surface area contributed by atoms with Crippen LogP contribution >= 0.6 is 11.6 Å². The number of halogens is 3. The maximum absolute atomic E-state index is 15.9. The average Bonchev–Trinajstić information content (AvgIpc) is 3.60. The molecule has 4 saturated heterocycles. The standard InChI is InChI=1S/C39H42ClF2N9O4/c1-44-31-17-30(47-51-32(34(43)53)18-45-35(31)51)24-2-5-26(6-3-24)49-13-10-23(11-14-49)19-48-20-38(21-48)12-15-50(22-39(38,41)42)37(55)25-4-8-29(40)28(16-25)27-7-9-33(52)46-36(27)54/h2-6,8,16-18,23,27,44H,7,9-15,19-22H2,1H3,(H2,43,53)(H,46,52,54). The Morgan fingerprint density at radius 2 is 1.76 bits per heavy atom. The zero-order valence-electron chi connectivity index (χ0n) is 30.4. The first-order valence-corrected chi connectivity index (χ1v) is 19.0. The Morgan fingerprint density at radius 1 is 1.02 bits per heavy atom. The number of hydrogen-bond acceptors (Lipinski definition) is 9. The molecule has 288 valence electrons. The Kier molecular flexibility index (Phi) is 9.48. The van der Waals surface area contributed by atoms with E-state index in [4.69, 9.17) is 17.3 Å². The van der Waals surface area contributed by atoms with Crippen LogP contribution in [0.2, 0.25) is 5.02 Å². The molecule has 0 aliphatic carbocycles. The van der Waals surface area contributed by atoms with Gasteiger partial charge >= 0.3 is 0 Å². The molecule has 1 spiro atoms. The van der Waals surface area contributed by atoms with E-state index in [1.165, 1.54) is 33.8 Å². The summed E-state index contributed by atoms with van der Waals surface area (Å²) in [6, 6.07) is 14.5. The largest absolute Gasteiger partial charge is 0.385 e. The molecule has 4 amide bonds. The monoisotopic (exact) mass is 773 g/mol. The van der Waals surface area contributed by atoms with E-state index in [9.17, 15) is 19.2 Å². The molecule has 0 radical (unpaired) electrons. The number of likely N-dealkylation sites (tertiary alicyclic amines) is 2. The van der Waals surface area contributed by atoms with Crippen LogP contribution in [0.15, 0.2) is 54.7 Å². The van der Waals surface area contributed by atoms with Crippen LogP contribution in [0.1, 0.15) is 64.4 Å². The number of benzene rings is 2. The van der Waals surface area contributed by atoms with E-state index < -0.39 is 41.5 Å². The highest BCUT2D eigenvalue weighted by Gasteiger charge is 2.63. The Bertz CT molecular complexity index is 2180. The number of piperidine rings is 3. The number of hydrogen-bond donors (Lipinski definition) is 3. The van der Waals surface area contributed by atoms with Gasteiger partial charge in [-0.15, -0.1) is 0 Å². The zero-order valence-corrected chi connectivity index (χ0v) is 31.1. The van der Waals surface area contributed by atoms with Crippen molar-refractivity contribution >= 4 is 52.3 Å². The normalized spacial score (nSPS) is 21.4. The minimum Gasteiger partial charge on any atom is -0.385 e. The molecule has 0 saturated carbocycles. The second kappa shape index (κ2) is 14.2. The molecule has 6 heterocycles. The van der Waals surface area contributed by atoms with Crippen molar-refractivity contribution in [3.63, 3.8) is 0 Å². The lowest BCUT2D eigenvalue weighted by Gasteiger charge is -2.58. The highest BCUT2D eigenvalue weighted by atomic mass is 35.5. The second-order valence-electron chi connectivity index (χ2n) is 15.3. The number of nitrogens with one attached hydrogen (secondary N) is 2. The number of fused-ring (bicyclic) bond motifs is 1. The van der Waals surface area contributed by atoms with Crippen molar-refractivity contribution in [1.29, 1.82) is 0 Å². The van der Waals surface area contributed by atoms with Gasteiger partial charge in [0.25, 0.3) is 17.7 Å². The summed E-state index contributed by atoms with van der Waals surface area (Å²) in [4.78, 5) is 59.4. The molecular formula is C39H42ClF2N9O4. The quantitative estimate of drug-likeness (QED) is 0.221. The summed E-state index contributed by atoms with van der Waals surface area (Å²) in [6.45, 7) is 2.65. The predicted molar refractivity (Wildman–Crippen MR) is 202 cm³/mol. The van der Waals surface area contributed by atoms with Crippen LogP contribution in [-0.4, -0.2) is 107 Å². The number of nitrogens with zero attached hydrogens (tertiary/aromatic N) is 6. The number of nitrogens with two attached hydrogens (primary N) is 1. The molecule has 4 fully saturated rings. The predicted octanol–water partition coefficient (Wildman–Crippen LogP) is 4.41. The van der Waals surface area contributed by atoms with Gasteiger partial charge in [0.05, 0.1) is 35.5 Å². The molecule has 4 aliphatic heterocycles. The molecule has 2 aromatic carbocycles. The van der Waals surface area contributed by atoms with Crippen LogP contribution in [-0.2, 0) is 9.59 Å². The summed E-state index contributed by atoms with van der Waals surface area (Å²) in [5, 5.41) is 10.3. The van der Waals surface area contributed by atoms with Gasteiger partial charge in [0, 0.05) is 74.6 Å². The van der Waals surface area contributed by atoms with E-state index in [2.05, 4.69) is 42.6 Å². The fourth-order valence-electron chi connectivity index (χ4n) is 8.68. The van der Waals surface area contributed by atoms with Crippen molar-refractivity contribution in [3.05, 3.63) is 76.6 Å². The van der Waals surface area contributed by atoms with E-state index >= 15 is 8.78 Å². The van der Waals surface area contributed by atoms with E-state index in [-0.39, 0.29) is 48.0 Å². The van der Waals surface area contributed by atoms with Crippen molar-refractivity contribution in [2.75, 3.05) is 63.1 Å². The third-order valence-electron chi connectivity index (χ3n) is 11.9. The minimum absolute atomic E-state index is 0.156. The van der Waals surface area contributed by atoms with E-state index in [1.807, 2.05) is 18.2 Å². The lowest BCUT2D eigenvalue weighted by Crippen LogP contribution is -2.70. The lowest BCUT2D eigenvalue weighted by atomic mass is 9.68. The Morgan fingerprint density at radius 3 is 2.44 bits per heavy atom.